The van der Waals surface area contributed by atoms with E-state index in [1.807, 2.05) is 36.7 Å². The second-order valence-electron chi connectivity index (χ2n) is 7.66. The van der Waals surface area contributed by atoms with Crippen molar-refractivity contribution in [3.63, 3.8) is 0 Å². The lowest BCUT2D eigenvalue weighted by Gasteiger charge is -2.26. The smallest absolute Gasteiger partial charge is 0.255 e. The maximum Gasteiger partial charge on any atom is 0.255 e. The van der Waals surface area contributed by atoms with Gasteiger partial charge in [-0.2, -0.15) is 0 Å². The Kier molecular flexibility index (Phi) is 5.65. The molecule has 6 nitrogen and oxygen atoms in total. The zero-order valence-corrected chi connectivity index (χ0v) is 17.6. The van der Waals surface area contributed by atoms with Gasteiger partial charge in [-0.3, -0.25) is 14.6 Å². The molecule has 4 rings (SSSR count). The first-order valence-electron chi connectivity index (χ1n) is 9.86. The number of nitrogens with one attached hydrogen (secondary N) is 1. The van der Waals surface area contributed by atoms with E-state index in [2.05, 4.69) is 10.3 Å². The van der Waals surface area contributed by atoms with Gasteiger partial charge < -0.3 is 16.0 Å². The van der Waals surface area contributed by atoms with E-state index in [4.69, 9.17) is 5.73 Å². The van der Waals surface area contributed by atoms with Crippen LogP contribution in [0.3, 0.4) is 0 Å². The average molecular weight is 421 g/mol. The lowest BCUT2D eigenvalue weighted by atomic mass is 10.0. The van der Waals surface area contributed by atoms with E-state index in [0.717, 1.165) is 23.3 Å². The fourth-order valence-electron chi connectivity index (χ4n) is 3.61. The minimum atomic E-state index is -0.350. The van der Waals surface area contributed by atoms with Gasteiger partial charge in [0.25, 0.3) is 5.91 Å². The summed E-state index contributed by atoms with van der Waals surface area (Å²) in [6.07, 6.45) is 5.04. The van der Waals surface area contributed by atoms with Gasteiger partial charge in [0.2, 0.25) is 5.91 Å². The molecule has 1 saturated carbocycles. The van der Waals surface area contributed by atoms with E-state index in [-0.39, 0.29) is 23.3 Å². The van der Waals surface area contributed by atoms with E-state index in [9.17, 15) is 9.59 Å². The molecule has 3 N–H and O–H groups in total. The molecule has 2 heterocycles. The molecule has 1 atom stereocenters. The van der Waals surface area contributed by atoms with Crippen molar-refractivity contribution in [2.75, 3.05) is 18.9 Å². The number of nitrogens with zero attached hydrogens (tertiary/aromatic N) is 2. The molecular formula is C23H24N4O2S. The number of aromatic nitrogens is 1. The number of anilines is 1. The summed E-state index contributed by atoms with van der Waals surface area (Å²) in [6.45, 7) is 0.425. The lowest BCUT2D eigenvalue weighted by Crippen LogP contribution is -2.40. The average Bonchev–Trinajstić information content (AvgIpc) is 3.39. The number of nitrogens with two attached hydrogens (primary N) is 1. The molecule has 1 aromatic carbocycles. The molecule has 2 aromatic heterocycles. The summed E-state index contributed by atoms with van der Waals surface area (Å²) in [5, 5.41) is 4.84. The normalized spacial score (nSPS) is 15.3. The summed E-state index contributed by atoms with van der Waals surface area (Å²) in [6, 6.07) is 14.4. The molecule has 3 aromatic rings. The van der Waals surface area contributed by atoms with Gasteiger partial charge in [0.05, 0.1) is 5.41 Å². The van der Waals surface area contributed by atoms with Crippen molar-refractivity contribution in [1.82, 2.24) is 9.88 Å². The summed E-state index contributed by atoms with van der Waals surface area (Å²) in [4.78, 5) is 32.2. The predicted molar refractivity (Wildman–Crippen MR) is 118 cm³/mol. The maximum atomic E-state index is 13.0. The van der Waals surface area contributed by atoms with Crippen molar-refractivity contribution >= 4 is 28.8 Å². The van der Waals surface area contributed by atoms with Crippen molar-refractivity contribution in [1.29, 1.82) is 0 Å². The van der Waals surface area contributed by atoms with Crippen molar-refractivity contribution in [2.45, 2.75) is 24.3 Å². The number of pyridine rings is 1. The Morgan fingerprint density at radius 3 is 2.47 bits per heavy atom. The Bertz CT molecular complexity index is 1020. The van der Waals surface area contributed by atoms with Gasteiger partial charge >= 0.3 is 0 Å². The van der Waals surface area contributed by atoms with Gasteiger partial charge in [-0.15, -0.1) is 11.3 Å². The highest BCUT2D eigenvalue weighted by atomic mass is 32.1. The zero-order valence-electron chi connectivity index (χ0n) is 16.7. The van der Waals surface area contributed by atoms with Crippen LogP contribution in [-0.2, 0) is 10.2 Å². The number of rotatable bonds is 7. The number of carbonyl (C=O) groups excluding carboxylic acids is 2. The van der Waals surface area contributed by atoms with Crippen LogP contribution in [0, 0.1) is 0 Å². The first kappa shape index (κ1) is 20.3. The predicted octanol–water partition coefficient (Wildman–Crippen LogP) is 3.59. The van der Waals surface area contributed by atoms with Crippen LogP contribution in [0.5, 0.6) is 0 Å². The van der Waals surface area contributed by atoms with Crippen LogP contribution in [0.4, 0.5) is 5.69 Å². The van der Waals surface area contributed by atoms with E-state index < -0.39 is 0 Å². The van der Waals surface area contributed by atoms with Crippen LogP contribution in [0.1, 0.15) is 39.7 Å². The molecule has 7 heteroatoms. The molecular weight excluding hydrogens is 396 g/mol. The van der Waals surface area contributed by atoms with Gasteiger partial charge in [0.15, 0.2) is 0 Å². The fourth-order valence-corrected chi connectivity index (χ4v) is 4.59. The van der Waals surface area contributed by atoms with Gasteiger partial charge in [-0.05, 0) is 54.1 Å². The second-order valence-corrected chi connectivity index (χ2v) is 8.61. The highest BCUT2D eigenvalue weighted by Crippen LogP contribution is 2.51. The molecule has 0 saturated heterocycles. The van der Waals surface area contributed by atoms with Gasteiger partial charge in [-0.1, -0.05) is 18.2 Å². The Labute approximate surface area is 179 Å². The monoisotopic (exact) mass is 420 g/mol. The van der Waals surface area contributed by atoms with Crippen molar-refractivity contribution in [3.05, 3.63) is 82.3 Å². The number of thiophene rings is 1. The minimum absolute atomic E-state index is 0.133. The lowest BCUT2D eigenvalue weighted by molar-refractivity contribution is -0.132. The van der Waals surface area contributed by atoms with Gasteiger partial charge in [0.1, 0.15) is 0 Å². The van der Waals surface area contributed by atoms with E-state index in [1.165, 1.54) is 0 Å². The SMILES string of the molecule is CN(CC(N)c1ccc(C(=O)Nc2ccncc2)cc1)C(=O)C1(c2cccs2)CC1. The van der Waals surface area contributed by atoms with Crippen LogP contribution >= 0.6 is 11.3 Å². The topological polar surface area (TPSA) is 88.3 Å². The first-order chi connectivity index (χ1) is 14.5. The number of likely N-dealkylation sites (N-methyl/N-ethyl adjacent to an activating group) is 1. The van der Waals surface area contributed by atoms with Crippen molar-refractivity contribution in [3.8, 4) is 0 Å². The molecule has 154 valence electrons. The maximum absolute atomic E-state index is 13.0. The largest absolute Gasteiger partial charge is 0.343 e. The van der Waals surface area contributed by atoms with Crippen molar-refractivity contribution in [2.24, 2.45) is 5.73 Å². The summed E-state index contributed by atoms with van der Waals surface area (Å²) in [5.41, 5.74) is 8.14. The number of carbonyl (C=O) groups is 2. The second kappa shape index (κ2) is 8.38. The Morgan fingerprint density at radius 1 is 1.17 bits per heavy atom. The summed E-state index contributed by atoms with van der Waals surface area (Å²) in [7, 11) is 1.81. The molecule has 1 unspecified atom stereocenters. The Balaban J connectivity index is 1.37. The van der Waals surface area contributed by atoms with Crippen LogP contribution in [0.15, 0.2) is 66.3 Å². The number of benzene rings is 1. The molecule has 2 amide bonds. The van der Waals surface area contributed by atoms with Crippen molar-refractivity contribution < 1.29 is 9.59 Å². The summed E-state index contributed by atoms with van der Waals surface area (Å²) in [5.74, 6) is -0.0611. The van der Waals surface area contributed by atoms with Crippen LogP contribution in [-0.4, -0.2) is 35.3 Å². The molecule has 1 aliphatic rings. The quantitative estimate of drug-likeness (QED) is 0.611. The number of hydrogen-bond acceptors (Lipinski definition) is 5. The van der Waals surface area contributed by atoms with Crippen LogP contribution in [0.2, 0.25) is 0 Å². The first-order valence-corrected chi connectivity index (χ1v) is 10.7. The van der Waals surface area contributed by atoms with Crippen LogP contribution < -0.4 is 11.1 Å². The third-order valence-corrected chi connectivity index (χ3v) is 6.58. The molecule has 1 aliphatic carbocycles. The van der Waals surface area contributed by atoms with E-state index >= 15 is 0 Å². The number of amides is 2. The Hall–Kier alpha value is -3.03. The third kappa shape index (κ3) is 4.13. The molecule has 0 spiro atoms. The summed E-state index contributed by atoms with van der Waals surface area (Å²) < 4.78 is 0. The van der Waals surface area contributed by atoms with E-state index in [0.29, 0.717) is 17.8 Å². The molecule has 0 radical (unpaired) electrons. The summed E-state index contributed by atoms with van der Waals surface area (Å²) >= 11 is 1.64. The third-order valence-electron chi connectivity index (χ3n) is 5.51. The molecule has 0 bridgehead atoms. The highest BCUT2D eigenvalue weighted by molar-refractivity contribution is 7.10. The molecule has 0 aliphatic heterocycles. The standard InChI is InChI=1S/C23H24N4O2S/c1-27(22(29)23(10-11-23)20-3-2-14-30-20)15-19(24)16-4-6-17(7-5-16)21(28)26-18-8-12-25-13-9-18/h2-9,12-14,19H,10-11,15,24H2,1H3,(H,25,26,28). The van der Waals surface area contributed by atoms with Crippen LogP contribution in [0.25, 0.3) is 0 Å². The zero-order chi connectivity index (χ0) is 21.1. The Morgan fingerprint density at radius 2 is 1.87 bits per heavy atom. The van der Waals surface area contributed by atoms with E-state index in [1.54, 1.807) is 52.9 Å². The highest BCUT2D eigenvalue weighted by Gasteiger charge is 2.53. The minimum Gasteiger partial charge on any atom is -0.343 e. The number of hydrogen-bond donors (Lipinski definition) is 2. The van der Waals surface area contributed by atoms with Gasteiger partial charge in [-0.25, -0.2) is 0 Å². The fraction of sp³-hybridized carbons (Fsp3) is 0.261. The molecule has 1 fully saturated rings. The van der Waals surface area contributed by atoms with Gasteiger partial charge in [0, 0.05) is 48.2 Å². The molecule has 30 heavy (non-hydrogen) atoms.